The Morgan fingerprint density at radius 2 is 2.00 bits per heavy atom. The molecule has 0 spiro atoms. The van der Waals surface area contributed by atoms with Crippen molar-refractivity contribution >= 4 is 17.7 Å². The highest BCUT2D eigenvalue weighted by atomic mass is 16.6. The summed E-state index contributed by atoms with van der Waals surface area (Å²) in [6.45, 7) is 7.00. The van der Waals surface area contributed by atoms with E-state index in [2.05, 4.69) is 5.32 Å². The van der Waals surface area contributed by atoms with Crippen LogP contribution in [0.5, 0.6) is 0 Å². The highest BCUT2D eigenvalue weighted by molar-refractivity contribution is 5.73. The molecular weight excluding hydrogens is 316 g/mol. The minimum absolute atomic E-state index is 0.132. The van der Waals surface area contributed by atoms with E-state index in [1.807, 2.05) is 0 Å². The van der Waals surface area contributed by atoms with Gasteiger partial charge in [-0.2, -0.15) is 0 Å². The van der Waals surface area contributed by atoms with Gasteiger partial charge in [0, 0.05) is 12.1 Å². The van der Waals surface area contributed by atoms with Crippen LogP contribution in [0.25, 0.3) is 0 Å². The van der Waals surface area contributed by atoms with Crippen molar-refractivity contribution in [3.63, 3.8) is 0 Å². The predicted octanol–water partition coefficient (Wildman–Crippen LogP) is 3.11. The van der Waals surface area contributed by atoms with Gasteiger partial charge in [0.05, 0.1) is 24.0 Å². The quantitative estimate of drug-likeness (QED) is 0.485. The fourth-order valence-electron chi connectivity index (χ4n) is 1.94. The van der Waals surface area contributed by atoms with Crippen molar-refractivity contribution in [3.8, 4) is 0 Å². The molecule has 8 nitrogen and oxygen atoms in total. The number of non-ortho nitro benzene ring substituents is 1. The van der Waals surface area contributed by atoms with E-state index in [9.17, 15) is 19.7 Å². The second-order valence-corrected chi connectivity index (χ2v) is 6.06. The van der Waals surface area contributed by atoms with E-state index in [0.717, 1.165) is 0 Å². The van der Waals surface area contributed by atoms with E-state index in [1.54, 1.807) is 33.8 Å². The SMILES string of the molecule is CCOC(=O)C[C@@H](NC(=O)OC(C)(C)C)c1cccc([N+](=O)[O-])c1. The summed E-state index contributed by atoms with van der Waals surface area (Å²) in [4.78, 5) is 34.1. The Hall–Kier alpha value is -2.64. The summed E-state index contributed by atoms with van der Waals surface area (Å²) < 4.78 is 10.1. The summed E-state index contributed by atoms with van der Waals surface area (Å²) >= 11 is 0. The average molecular weight is 338 g/mol. The number of benzene rings is 1. The second-order valence-electron chi connectivity index (χ2n) is 6.06. The molecule has 0 unspecified atom stereocenters. The molecule has 0 aliphatic heterocycles. The van der Waals surface area contributed by atoms with Crippen LogP contribution in [0.15, 0.2) is 24.3 Å². The van der Waals surface area contributed by atoms with Crippen LogP contribution in [0, 0.1) is 10.1 Å². The third kappa shape index (κ3) is 6.64. The Morgan fingerprint density at radius 3 is 2.54 bits per heavy atom. The smallest absolute Gasteiger partial charge is 0.408 e. The van der Waals surface area contributed by atoms with Gasteiger partial charge >= 0.3 is 12.1 Å². The lowest BCUT2D eigenvalue weighted by Gasteiger charge is -2.23. The largest absolute Gasteiger partial charge is 0.466 e. The van der Waals surface area contributed by atoms with Gasteiger partial charge in [0.2, 0.25) is 0 Å². The third-order valence-corrected chi connectivity index (χ3v) is 2.85. The Bertz CT molecular complexity index is 609. The maximum absolute atomic E-state index is 12.0. The van der Waals surface area contributed by atoms with E-state index in [-0.39, 0.29) is 18.7 Å². The van der Waals surface area contributed by atoms with E-state index in [4.69, 9.17) is 9.47 Å². The van der Waals surface area contributed by atoms with Crippen LogP contribution in [0.3, 0.4) is 0 Å². The van der Waals surface area contributed by atoms with Crippen molar-refractivity contribution in [2.24, 2.45) is 0 Å². The maximum atomic E-state index is 12.0. The molecule has 0 heterocycles. The van der Waals surface area contributed by atoms with Crippen LogP contribution in [-0.4, -0.2) is 29.2 Å². The first kappa shape index (κ1) is 19.4. The molecule has 0 aliphatic carbocycles. The summed E-state index contributed by atoms with van der Waals surface area (Å²) in [5, 5.41) is 13.5. The molecule has 0 saturated carbocycles. The lowest BCUT2D eigenvalue weighted by molar-refractivity contribution is -0.384. The summed E-state index contributed by atoms with van der Waals surface area (Å²) in [6, 6.07) is 4.93. The Balaban J connectivity index is 3.00. The summed E-state index contributed by atoms with van der Waals surface area (Å²) in [5.41, 5.74) is -0.420. The molecule has 0 aromatic heterocycles. The van der Waals surface area contributed by atoms with Gasteiger partial charge in [0.25, 0.3) is 5.69 Å². The number of carbonyl (C=O) groups excluding carboxylic acids is 2. The Kier molecular flexibility index (Phi) is 6.69. The van der Waals surface area contributed by atoms with Crippen molar-refractivity contribution in [1.29, 1.82) is 0 Å². The topological polar surface area (TPSA) is 108 Å². The second kappa shape index (κ2) is 8.28. The van der Waals surface area contributed by atoms with E-state index in [0.29, 0.717) is 5.56 Å². The van der Waals surface area contributed by atoms with Gasteiger partial charge in [-0.05, 0) is 33.3 Å². The number of nitro groups is 1. The van der Waals surface area contributed by atoms with Gasteiger partial charge in [-0.1, -0.05) is 12.1 Å². The number of amides is 1. The number of nitrogens with zero attached hydrogens (tertiary/aromatic N) is 1. The van der Waals surface area contributed by atoms with Gasteiger partial charge in [-0.25, -0.2) is 4.79 Å². The van der Waals surface area contributed by atoms with Crippen LogP contribution in [0.1, 0.15) is 45.7 Å². The molecule has 1 N–H and O–H groups in total. The summed E-state index contributed by atoms with van der Waals surface area (Å²) in [5.74, 6) is -0.523. The fourth-order valence-corrected chi connectivity index (χ4v) is 1.94. The van der Waals surface area contributed by atoms with Crippen LogP contribution in [0.2, 0.25) is 0 Å². The van der Waals surface area contributed by atoms with Gasteiger partial charge < -0.3 is 14.8 Å². The zero-order chi connectivity index (χ0) is 18.3. The van der Waals surface area contributed by atoms with Crippen molar-refractivity contribution in [1.82, 2.24) is 5.32 Å². The van der Waals surface area contributed by atoms with E-state index in [1.165, 1.54) is 18.2 Å². The first-order valence-corrected chi connectivity index (χ1v) is 7.52. The minimum Gasteiger partial charge on any atom is -0.466 e. The maximum Gasteiger partial charge on any atom is 0.408 e. The molecule has 8 heteroatoms. The molecule has 0 radical (unpaired) electrons. The molecule has 1 amide bonds. The zero-order valence-electron chi connectivity index (χ0n) is 14.2. The molecule has 0 saturated heterocycles. The number of esters is 1. The summed E-state index contributed by atoms with van der Waals surface area (Å²) in [7, 11) is 0. The van der Waals surface area contributed by atoms with Crippen LogP contribution in [-0.2, 0) is 14.3 Å². The van der Waals surface area contributed by atoms with Crippen LogP contribution in [0.4, 0.5) is 10.5 Å². The van der Waals surface area contributed by atoms with E-state index < -0.39 is 28.6 Å². The molecule has 0 aliphatic rings. The standard InChI is InChI=1S/C16H22N2O6/c1-5-23-14(19)10-13(17-15(20)24-16(2,3)4)11-7-6-8-12(9-11)18(21)22/h6-9,13H,5,10H2,1-4H3,(H,17,20)/t13-/m1/s1. The fraction of sp³-hybridized carbons (Fsp3) is 0.500. The van der Waals surface area contributed by atoms with Crippen molar-refractivity contribution in [2.45, 2.75) is 45.8 Å². The molecule has 24 heavy (non-hydrogen) atoms. The Labute approximate surface area is 140 Å². The number of alkyl carbamates (subject to hydrolysis) is 1. The van der Waals surface area contributed by atoms with Crippen molar-refractivity contribution in [3.05, 3.63) is 39.9 Å². The van der Waals surface area contributed by atoms with Crippen LogP contribution < -0.4 is 5.32 Å². The molecular formula is C16H22N2O6. The van der Waals surface area contributed by atoms with Gasteiger partial charge in [0.15, 0.2) is 0 Å². The molecule has 1 atom stereocenters. The number of nitro benzene ring substituents is 1. The average Bonchev–Trinajstić information content (AvgIpc) is 2.45. The first-order valence-electron chi connectivity index (χ1n) is 7.52. The summed E-state index contributed by atoms with van der Waals surface area (Å²) in [6.07, 6.45) is -0.878. The Morgan fingerprint density at radius 1 is 1.33 bits per heavy atom. The van der Waals surface area contributed by atoms with Crippen molar-refractivity contribution < 1.29 is 24.0 Å². The zero-order valence-corrected chi connectivity index (χ0v) is 14.2. The predicted molar refractivity (Wildman–Crippen MR) is 86.5 cm³/mol. The number of nitrogens with one attached hydrogen (secondary N) is 1. The number of hydrogen-bond acceptors (Lipinski definition) is 6. The number of rotatable bonds is 6. The number of hydrogen-bond donors (Lipinski definition) is 1. The number of ether oxygens (including phenoxy) is 2. The lowest BCUT2D eigenvalue weighted by Crippen LogP contribution is -2.36. The highest BCUT2D eigenvalue weighted by Gasteiger charge is 2.24. The van der Waals surface area contributed by atoms with Crippen LogP contribution >= 0.6 is 0 Å². The normalized spacial score (nSPS) is 12.2. The minimum atomic E-state index is -0.793. The molecule has 0 bridgehead atoms. The van der Waals surface area contributed by atoms with Gasteiger partial charge in [-0.3, -0.25) is 14.9 Å². The molecule has 1 aromatic rings. The lowest BCUT2D eigenvalue weighted by atomic mass is 10.0. The van der Waals surface area contributed by atoms with Gasteiger partial charge in [0.1, 0.15) is 5.60 Å². The molecule has 1 rings (SSSR count). The first-order chi connectivity index (χ1) is 11.1. The molecule has 0 fully saturated rings. The van der Waals surface area contributed by atoms with Crippen molar-refractivity contribution in [2.75, 3.05) is 6.61 Å². The van der Waals surface area contributed by atoms with E-state index >= 15 is 0 Å². The van der Waals surface area contributed by atoms with Gasteiger partial charge in [-0.15, -0.1) is 0 Å². The third-order valence-electron chi connectivity index (χ3n) is 2.85. The molecule has 1 aromatic carbocycles. The monoisotopic (exact) mass is 338 g/mol. The molecule has 132 valence electrons. The highest BCUT2D eigenvalue weighted by Crippen LogP contribution is 2.23. The number of carbonyl (C=O) groups is 2.